The van der Waals surface area contributed by atoms with E-state index in [1.807, 2.05) is 12.1 Å². The topological polar surface area (TPSA) is 70.5 Å². The van der Waals surface area contributed by atoms with Gasteiger partial charge in [-0.05, 0) is 52.9 Å². The minimum absolute atomic E-state index is 0. The van der Waals surface area contributed by atoms with Crippen molar-refractivity contribution >= 4 is 24.8 Å². The van der Waals surface area contributed by atoms with Gasteiger partial charge < -0.3 is 20.9 Å². The number of fused-ring (bicyclic) bond motifs is 3. The molecule has 0 atom stereocenters. The number of hydrogen-bond acceptors (Lipinski definition) is 4. The lowest BCUT2D eigenvalue weighted by molar-refractivity contribution is 0.328. The first-order chi connectivity index (χ1) is 10.3. The zero-order valence-electron chi connectivity index (χ0n) is 12.8. The minimum atomic E-state index is 0. The van der Waals surface area contributed by atoms with Crippen LogP contribution in [0.1, 0.15) is 11.1 Å². The second-order valence-electron chi connectivity index (χ2n) is 5.09. The predicted molar refractivity (Wildman–Crippen MR) is 98.3 cm³/mol. The van der Waals surface area contributed by atoms with Crippen molar-refractivity contribution in [3.63, 3.8) is 0 Å². The average molecular weight is 357 g/mol. The molecule has 6 heteroatoms. The van der Waals surface area contributed by atoms with Crippen molar-refractivity contribution in [2.45, 2.75) is 6.42 Å². The SMILES string of the molecule is Cl.Cl.NCCOc1ccc2c(c1)Cc1cc(OCCN)ccc1-2. The first-order valence-corrected chi connectivity index (χ1v) is 7.24. The standard InChI is InChI=1S/C17H20N2O2.2ClH/c18-5-7-20-14-1-3-16-12(10-14)9-13-11-15(21-8-6-19)2-4-17(13)16;;/h1-4,10-11H,5-9,18-19H2;2*1H. The molecule has 126 valence electrons. The Kier molecular flexibility index (Phi) is 7.65. The molecule has 4 N–H and O–H groups in total. The van der Waals surface area contributed by atoms with Crippen molar-refractivity contribution in [2.24, 2.45) is 11.5 Å². The Morgan fingerprint density at radius 1 is 0.739 bits per heavy atom. The largest absolute Gasteiger partial charge is 0.492 e. The maximum atomic E-state index is 5.59. The van der Waals surface area contributed by atoms with Gasteiger partial charge in [0.1, 0.15) is 24.7 Å². The summed E-state index contributed by atoms with van der Waals surface area (Å²) in [6.45, 7) is 2.14. The van der Waals surface area contributed by atoms with E-state index < -0.39 is 0 Å². The van der Waals surface area contributed by atoms with Crippen LogP contribution in [0, 0.1) is 0 Å². The van der Waals surface area contributed by atoms with Gasteiger partial charge >= 0.3 is 0 Å². The van der Waals surface area contributed by atoms with Crippen molar-refractivity contribution in [2.75, 3.05) is 26.3 Å². The fourth-order valence-electron chi connectivity index (χ4n) is 2.70. The van der Waals surface area contributed by atoms with Crippen LogP contribution in [-0.4, -0.2) is 26.3 Å². The third-order valence-corrected chi connectivity index (χ3v) is 3.60. The van der Waals surface area contributed by atoms with Crippen LogP contribution in [0.5, 0.6) is 11.5 Å². The Bertz CT molecular complexity index is 595. The molecule has 0 saturated heterocycles. The molecule has 0 aliphatic heterocycles. The predicted octanol–water partition coefficient (Wildman–Crippen LogP) is 2.78. The summed E-state index contributed by atoms with van der Waals surface area (Å²) in [4.78, 5) is 0. The molecule has 0 aromatic heterocycles. The van der Waals surface area contributed by atoms with Gasteiger partial charge in [0.2, 0.25) is 0 Å². The second-order valence-corrected chi connectivity index (χ2v) is 5.09. The van der Waals surface area contributed by atoms with Crippen LogP contribution in [0.3, 0.4) is 0 Å². The first-order valence-electron chi connectivity index (χ1n) is 7.24. The maximum absolute atomic E-state index is 5.59. The Morgan fingerprint density at radius 2 is 1.17 bits per heavy atom. The molecule has 0 radical (unpaired) electrons. The quantitative estimate of drug-likeness (QED) is 0.712. The fourth-order valence-corrected chi connectivity index (χ4v) is 2.70. The van der Waals surface area contributed by atoms with Gasteiger partial charge in [0.15, 0.2) is 0 Å². The van der Waals surface area contributed by atoms with E-state index in [0.717, 1.165) is 17.9 Å². The van der Waals surface area contributed by atoms with E-state index in [4.69, 9.17) is 20.9 Å². The van der Waals surface area contributed by atoms with Crippen LogP contribution in [0.15, 0.2) is 36.4 Å². The summed E-state index contributed by atoms with van der Waals surface area (Å²) < 4.78 is 11.2. The van der Waals surface area contributed by atoms with Crippen LogP contribution in [-0.2, 0) is 6.42 Å². The summed E-state index contributed by atoms with van der Waals surface area (Å²) in [5.41, 5.74) is 16.1. The zero-order chi connectivity index (χ0) is 14.7. The van der Waals surface area contributed by atoms with E-state index in [9.17, 15) is 0 Å². The van der Waals surface area contributed by atoms with Crippen LogP contribution < -0.4 is 20.9 Å². The van der Waals surface area contributed by atoms with Crippen molar-refractivity contribution in [3.05, 3.63) is 47.5 Å². The van der Waals surface area contributed by atoms with Gasteiger partial charge in [-0.25, -0.2) is 0 Å². The lowest BCUT2D eigenvalue weighted by atomic mass is 10.1. The summed E-state index contributed by atoms with van der Waals surface area (Å²) >= 11 is 0. The highest BCUT2D eigenvalue weighted by molar-refractivity contribution is 5.85. The number of rotatable bonds is 6. The number of benzene rings is 2. The van der Waals surface area contributed by atoms with Crippen LogP contribution >= 0.6 is 24.8 Å². The van der Waals surface area contributed by atoms with Gasteiger partial charge in [0.25, 0.3) is 0 Å². The normalized spacial score (nSPS) is 10.9. The summed E-state index contributed by atoms with van der Waals surface area (Å²) in [5.74, 6) is 1.76. The molecule has 0 amide bonds. The van der Waals surface area contributed by atoms with E-state index in [1.54, 1.807) is 0 Å². The second kappa shape index (κ2) is 8.99. The summed E-state index contributed by atoms with van der Waals surface area (Å²) in [6.07, 6.45) is 0.907. The first kappa shape index (κ1) is 19.6. The minimum Gasteiger partial charge on any atom is -0.492 e. The molecule has 23 heavy (non-hydrogen) atoms. The van der Waals surface area contributed by atoms with E-state index in [2.05, 4.69) is 24.3 Å². The summed E-state index contributed by atoms with van der Waals surface area (Å²) in [6, 6.07) is 12.4. The number of nitrogens with two attached hydrogens (primary N) is 2. The Labute approximate surface area is 149 Å². The monoisotopic (exact) mass is 356 g/mol. The molecule has 1 aliphatic carbocycles. The molecule has 0 saturated carbocycles. The third-order valence-electron chi connectivity index (χ3n) is 3.60. The highest BCUT2D eigenvalue weighted by Crippen LogP contribution is 2.39. The molecule has 0 heterocycles. The van der Waals surface area contributed by atoms with Crippen LogP contribution in [0.25, 0.3) is 11.1 Å². The van der Waals surface area contributed by atoms with E-state index in [-0.39, 0.29) is 24.8 Å². The van der Waals surface area contributed by atoms with Crippen molar-refractivity contribution in [1.82, 2.24) is 0 Å². The van der Waals surface area contributed by atoms with Gasteiger partial charge in [-0.3, -0.25) is 0 Å². The van der Waals surface area contributed by atoms with Gasteiger partial charge in [0.05, 0.1) is 0 Å². The Hall–Kier alpha value is -1.46. The average Bonchev–Trinajstić information content (AvgIpc) is 2.87. The smallest absolute Gasteiger partial charge is 0.119 e. The van der Waals surface area contributed by atoms with Crippen LogP contribution in [0.2, 0.25) is 0 Å². The van der Waals surface area contributed by atoms with Gasteiger partial charge in [-0.15, -0.1) is 24.8 Å². The molecule has 0 unspecified atom stereocenters. The van der Waals surface area contributed by atoms with Gasteiger partial charge in [-0.1, -0.05) is 12.1 Å². The molecule has 1 aliphatic rings. The fraction of sp³-hybridized carbons (Fsp3) is 0.294. The summed E-state index contributed by atoms with van der Waals surface area (Å²) in [5, 5.41) is 0. The van der Waals surface area contributed by atoms with Crippen LogP contribution in [0.4, 0.5) is 0 Å². The number of ether oxygens (including phenoxy) is 2. The lowest BCUT2D eigenvalue weighted by Gasteiger charge is -2.07. The molecule has 4 nitrogen and oxygen atoms in total. The van der Waals surface area contributed by atoms with E-state index in [1.165, 1.54) is 22.3 Å². The molecule has 0 spiro atoms. The van der Waals surface area contributed by atoms with Gasteiger partial charge in [0, 0.05) is 13.1 Å². The van der Waals surface area contributed by atoms with E-state index in [0.29, 0.717) is 26.3 Å². The van der Waals surface area contributed by atoms with Crippen molar-refractivity contribution in [3.8, 4) is 22.6 Å². The van der Waals surface area contributed by atoms with Gasteiger partial charge in [-0.2, -0.15) is 0 Å². The zero-order valence-corrected chi connectivity index (χ0v) is 14.4. The molecular weight excluding hydrogens is 335 g/mol. The molecular formula is C17H22Cl2N2O2. The Morgan fingerprint density at radius 3 is 1.57 bits per heavy atom. The van der Waals surface area contributed by atoms with Crippen molar-refractivity contribution in [1.29, 1.82) is 0 Å². The number of halogens is 2. The highest BCUT2D eigenvalue weighted by atomic mass is 35.5. The van der Waals surface area contributed by atoms with E-state index >= 15 is 0 Å². The third kappa shape index (κ3) is 4.30. The molecule has 2 aromatic rings. The van der Waals surface area contributed by atoms with Crippen molar-refractivity contribution < 1.29 is 9.47 Å². The molecule has 0 bridgehead atoms. The summed E-state index contributed by atoms with van der Waals surface area (Å²) in [7, 11) is 0. The Balaban J connectivity index is 0.00000132. The molecule has 3 rings (SSSR count). The molecule has 2 aromatic carbocycles. The molecule has 0 fully saturated rings. The lowest BCUT2D eigenvalue weighted by Crippen LogP contribution is -2.10. The highest BCUT2D eigenvalue weighted by Gasteiger charge is 2.19. The maximum Gasteiger partial charge on any atom is 0.119 e. The number of hydrogen-bond donors (Lipinski definition) is 2.